The molecule has 2 atom stereocenters. The van der Waals surface area contributed by atoms with Gasteiger partial charge in [0.2, 0.25) is 11.8 Å². The minimum absolute atomic E-state index is 0.0394. The van der Waals surface area contributed by atoms with Gasteiger partial charge in [0.15, 0.2) is 0 Å². The molecule has 0 aliphatic carbocycles. The lowest BCUT2D eigenvalue weighted by atomic mass is 10.0. The first-order valence-corrected chi connectivity index (χ1v) is 13.6. The molecule has 3 amide bonds. The van der Waals surface area contributed by atoms with E-state index in [1.54, 1.807) is 4.90 Å². The van der Waals surface area contributed by atoms with Crippen LogP contribution in [-0.2, 0) is 22.6 Å². The van der Waals surface area contributed by atoms with Crippen molar-refractivity contribution in [3.63, 3.8) is 0 Å². The number of hydroxylamine groups is 2. The van der Waals surface area contributed by atoms with Crippen LogP contribution in [0.1, 0.15) is 69.8 Å². The van der Waals surface area contributed by atoms with E-state index >= 15 is 0 Å². The number of amides is 3. The molecule has 38 heavy (non-hydrogen) atoms. The summed E-state index contributed by atoms with van der Waals surface area (Å²) < 4.78 is 11.4. The number of ether oxygens (including phenoxy) is 1. The van der Waals surface area contributed by atoms with Gasteiger partial charge in [-0.15, -0.1) is 10.2 Å². The third kappa shape index (κ3) is 6.44. The van der Waals surface area contributed by atoms with Crippen molar-refractivity contribution >= 4 is 12.1 Å². The molecule has 11 nitrogen and oxygen atoms in total. The van der Waals surface area contributed by atoms with Crippen molar-refractivity contribution in [2.75, 3.05) is 26.2 Å². The van der Waals surface area contributed by atoms with E-state index < -0.39 is 5.60 Å². The van der Waals surface area contributed by atoms with E-state index in [9.17, 15) is 9.59 Å². The fourth-order valence-electron chi connectivity index (χ4n) is 5.30. The number of likely N-dealkylation sites (tertiary alicyclic amines) is 1. The Morgan fingerprint density at radius 3 is 2.61 bits per heavy atom. The van der Waals surface area contributed by atoms with E-state index in [2.05, 4.69) is 20.4 Å². The van der Waals surface area contributed by atoms with Gasteiger partial charge < -0.3 is 24.3 Å². The second kappa shape index (κ2) is 11.3. The molecule has 3 fully saturated rings. The summed E-state index contributed by atoms with van der Waals surface area (Å²) in [7, 11) is 0. The summed E-state index contributed by atoms with van der Waals surface area (Å²) in [6, 6.07) is 9.65. The smallest absolute Gasteiger partial charge is 0.407 e. The van der Waals surface area contributed by atoms with Crippen LogP contribution in [0.2, 0.25) is 0 Å². The molecule has 2 bridgehead atoms. The summed E-state index contributed by atoms with van der Waals surface area (Å²) in [5.41, 5.74) is 0.531. The summed E-state index contributed by atoms with van der Waals surface area (Å²) >= 11 is 0. The van der Waals surface area contributed by atoms with Gasteiger partial charge in [-0.2, -0.15) is 5.06 Å². The average Bonchev–Trinajstić information content (AvgIpc) is 3.45. The van der Waals surface area contributed by atoms with Crippen molar-refractivity contribution in [1.82, 2.24) is 30.4 Å². The van der Waals surface area contributed by atoms with Crippen LogP contribution in [0.5, 0.6) is 0 Å². The zero-order chi connectivity index (χ0) is 26.7. The summed E-state index contributed by atoms with van der Waals surface area (Å²) in [4.78, 5) is 35.1. The molecule has 1 N–H and O–H groups in total. The zero-order valence-electron chi connectivity index (χ0n) is 22.5. The minimum atomic E-state index is -0.495. The van der Waals surface area contributed by atoms with Crippen molar-refractivity contribution in [2.24, 2.45) is 0 Å². The lowest BCUT2D eigenvalue weighted by molar-refractivity contribution is -0.140. The molecule has 0 spiro atoms. The van der Waals surface area contributed by atoms with E-state index in [-0.39, 0.29) is 30.2 Å². The van der Waals surface area contributed by atoms with Gasteiger partial charge in [0.1, 0.15) is 18.2 Å². The molecule has 206 valence electrons. The van der Waals surface area contributed by atoms with Crippen LogP contribution >= 0.6 is 0 Å². The molecule has 1 aromatic heterocycles. The molecule has 1 aromatic carbocycles. The second-order valence-electron chi connectivity index (χ2n) is 11.3. The zero-order valence-corrected chi connectivity index (χ0v) is 22.5. The van der Waals surface area contributed by atoms with Gasteiger partial charge >= 0.3 is 12.1 Å². The Balaban J connectivity index is 1.07. The third-order valence-corrected chi connectivity index (χ3v) is 7.25. The molecule has 3 saturated heterocycles. The lowest BCUT2D eigenvalue weighted by Crippen LogP contribution is -2.46. The number of carbonyl (C=O) groups is 2. The number of hydrogen-bond donors (Lipinski definition) is 1. The van der Waals surface area contributed by atoms with Crippen molar-refractivity contribution in [1.29, 1.82) is 0 Å². The molecule has 11 heteroatoms. The van der Waals surface area contributed by atoms with Crippen LogP contribution in [0.25, 0.3) is 0 Å². The number of alkyl carbamates (subject to hydrolysis) is 1. The molecule has 0 unspecified atom stereocenters. The van der Waals surface area contributed by atoms with Crippen LogP contribution in [0.15, 0.2) is 34.7 Å². The van der Waals surface area contributed by atoms with Gasteiger partial charge in [-0.25, -0.2) is 9.59 Å². The van der Waals surface area contributed by atoms with Crippen LogP contribution < -0.4 is 5.32 Å². The van der Waals surface area contributed by atoms with Crippen molar-refractivity contribution in [2.45, 2.75) is 83.2 Å². The van der Waals surface area contributed by atoms with Crippen LogP contribution in [0.3, 0.4) is 0 Å². The number of fused-ring (bicyclic) bond motifs is 2. The monoisotopic (exact) mass is 526 g/mol. The predicted octanol–water partition coefficient (Wildman–Crippen LogP) is 3.67. The highest BCUT2D eigenvalue weighted by molar-refractivity contribution is 5.77. The highest BCUT2D eigenvalue weighted by atomic mass is 16.7. The second-order valence-corrected chi connectivity index (χ2v) is 11.3. The summed E-state index contributed by atoms with van der Waals surface area (Å²) in [5, 5.41) is 13.1. The molecule has 0 saturated carbocycles. The number of nitrogens with one attached hydrogen (secondary N) is 1. The van der Waals surface area contributed by atoms with Gasteiger partial charge in [0.25, 0.3) is 0 Å². The predicted molar refractivity (Wildman–Crippen MR) is 138 cm³/mol. The standard InChI is InChI=1S/C27H38N6O5/c1-27(2,3)38-25(34)28-20-11-14-31(15-12-20)16-13-23-29-30-24(37-23)22-10-9-21-17-32(22)26(35)33(21)36-18-19-7-5-4-6-8-19/h4-8,20-22H,9-18H2,1-3H3,(H,28,34)/t21-,22-/m0/s1. The normalized spacial score (nSPS) is 22.7. The first-order valence-electron chi connectivity index (χ1n) is 13.6. The Kier molecular flexibility index (Phi) is 7.85. The highest BCUT2D eigenvalue weighted by Crippen LogP contribution is 2.38. The van der Waals surface area contributed by atoms with Gasteiger partial charge in [-0.1, -0.05) is 30.3 Å². The molecule has 4 heterocycles. The quantitative estimate of drug-likeness (QED) is 0.554. The minimum Gasteiger partial charge on any atom is -0.444 e. The highest BCUT2D eigenvalue weighted by Gasteiger charge is 2.47. The maximum atomic E-state index is 13.1. The summed E-state index contributed by atoms with van der Waals surface area (Å²) in [6.07, 6.45) is 3.63. The molecule has 2 aromatic rings. The lowest BCUT2D eigenvalue weighted by Gasteiger charge is -2.32. The van der Waals surface area contributed by atoms with Gasteiger partial charge in [-0.05, 0) is 52.0 Å². The first-order chi connectivity index (χ1) is 18.2. The average molecular weight is 527 g/mol. The Hall–Kier alpha value is -3.18. The molecule has 3 aliphatic heterocycles. The molecular formula is C27H38N6O5. The van der Waals surface area contributed by atoms with E-state index in [4.69, 9.17) is 14.0 Å². The molecule has 3 aliphatic rings. The fraction of sp³-hybridized carbons (Fsp3) is 0.630. The van der Waals surface area contributed by atoms with Gasteiger partial charge in [-0.3, -0.25) is 4.84 Å². The fourth-order valence-corrected chi connectivity index (χ4v) is 5.30. The van der Waals surface area contributed by atoms with Crippen LogP contribution in [0, 0.1) is 0 Å². The number of piperidine rings is 2. The van der Waals surface area contributed by atoms with E-state index in [1.165, 1.54) is 5.06 Å². The van der Waals surface area contributed by atoms with Gasteiger partial charge in [0.05, 0.1) is 6.04 Å². The number of rotatable bonds is 8. The Bertz CT molecular complexity index is 1090. The Morgan fingerprint density at radius 1 is 1.11 bits per heavy atom. The van der Waals surface area contributed by atoms with Gasteiger partial charge in [0, 0.05) is 38.6 Å². The summed E-state index contributed by atoms with van der Waals surface area (Å²) in [5.74, 6) is 1.08. The summed E-state index contributed by atoms with van der Waals surface area (Å²) in [6.45, 7) is 9.12. The number of nitrogens with zero attached hydrogens (tertiary/aromatic N) is 5. The first kappa shape index (κ1) is 26.4. The molecule has 0 radical (unpaired) electrons. The van der Waals surface area contributed by atoms with Crippen molar-refractivity contribution in [3.05, 3.63) is 47.7 Å². The number of hydrogen-bond acceptors (Lipinski definition) is 8. The molecular weight excluding hydrogens is 488 g/mol. The maximum absolute atomic E-state index is 13.1. The largest absolute Gasteiger partial charge is 0.444 e. The topological polar surface area (TPSA) is 113 Å². The number of urea groups is 1. The maximum Gasteiger partial charge on any atom is 0.407 e. The Morgan fingerprint density at radius 2 is 1.87 bits per heavy atom. The number of benzene rings is 1. The van der Waals surface area contributed by atoms with E-state index in [0.29, 0.717) is 31.4 Å². The van der Waals surface area contributed by atoms with E-state index in [0.717, 1.165) is 50.9 Å². The van der Waals surface area contributed by atoms with Crippen LogP contribution in [-0.4, -0.2) is 81.0 Å². The molecule has 5 rings (SSSR count). The number of aromatic nitrogens is 2. The SMILES string of the molecule is CC(C)(C)OC(=O)NC1CCN(CCc2nnc([C@@H]3CC[C@H]4CN3C(=O)N4OCc3ccccc3)o2)CC1. The van der Waals surface area contributed by atoms with E-state index in [1.807, 2.05) is 51.1 Å². The third-order valence-electron chi connectivity index (χ3n) is 7.25. The van der Waals surface area contributed by atoms with Crippen molar-refractivity contribution in [3.8, 4) is 0 Å². The van der Waals surface area contributed by atoms with Crippen LogP contribution in [0.4, 0.5) is 9.59 Å². The van der Waals surface area contributed by atoms with Crippen molar-refractivity contribution < 1.29 is 23.6 Å². The number of carbonyl (C=O) groups excluding carboxylic acids is 2. The Labute approximate surface area is 223 Å².